The van der Waals surface area contributed by atoms with Gasteiger partial charge in [0, 0.05) is 10.4 Å². The highest BCUT2D eigenvalue weighted by Gasteiger charge is 2.29. The van der Waals surface area contributed by atoms with Crippen molar-refractivity contribution in [3.05, 3.63) is 28.2 Å². The number of rotatable bonds is 2. The second-order valence-electron chi connectivity index (χ2n) is 3.75. The Morgan fingerprint density at radius 1 is 1.50 bits per heavy atom. The van der Waals surface area contributed by atoms with Gasteiger partial charge >= 0.3 is 0 Å². The van der Waals surface area contributed by atoms with Crippen molar-refractivity contribution in [2.45, 2.75) is 19.8 Å². The highest BCUT2D eigenvalue weighted by atomic mass is 79.9. The zero-order chi connectivity index (χ0) is 10.1. The first-order chi connectivity index (χ1) is 6.66. The number of amides is 1. The fraction of sp³-hybridized carbons (Fsp3) is 0.364. The number of aryl methyl sites for hydroxylation is 1. The van der Waals surface area contributed by atoms with Crippen LogP contribution in [0.15, 0.2) is 22.7 Å². The lowest BCUT2D eigenvalue weighted by Crippen LogP contribution is -2.13. The smallest absolute Gasteiger partial charge is 0.227 e. The second-order valence-corrected chi connectivity index (χ2v) is 4.60. The average Bonchev–Trinajstić information content (AvgIpc) is 2.92. The van der Waals surface area contributed by atoms with E-state index in [-0.39, 0.29) is 11.8 Å². The molecule has 1 N–H and O–H groups in total. The maximum absolute atomic E-state index is 11.5. The van der Waals surface area contributed by atoms with Gasteiger partial charge < -0.3 is 5.32 Å². The average molecular weight is 254 g/mol. The van der Waals surface area contributed by atoms with E-state index in [0.717, 1.165) is 23.0 Å². The summed E-state index contributed by atoms with van der Waals surface area (Å²) in [5.74, 6) is 0.401. The molecule has 0 radical (unpaired) electrons. The van der Waals surface area contributed by atoms with Crippen molar-refractivity contribution in [3.63, 3.8) is 0 Å². The van der Waals surface area contributed by atoms with E-state index in [1.165, 1.54) is 5.56 Å². The molecule has 0 aliphatic heterocycles. The molecule has 74 valence electrons. The standard InChI is InChI=1S/C11H12BrNO/c1-7-2-5-10(9(12)6-7)13-11(14)8-3-4-8/h2,5-6,8H,3-4H2,1H3,(H,13,14). The molecule has 0 saturated heterocycles. The van der Waals surface area contributed by atoms with Crippen LogP contribution < -0.4 is 5.32 Å². The quantitative estimate of drug-likeness (QED) is 0.863. The maximum atomic E-state index is 11.5. The lowest BCUT2D eigenvalue weighted by atomic mass is 10.2. The van der Waals surface area contributed by atoms with Gasteiger partial charge in [0.15, 0.2) is 0 Å². The SMILES string of the molecule is Cc1ccc(NC(=O)C2CC2)c(Br)c1. The fourth-order valence-corrected chi connectivity index (χ4v) is 1.89. The van der Waals surface area contributed by atoms with Crippen molar-refractivity contribution in [2.75, 3.05) is 5.32 Å². The summed E-state index contributed by atoms with van der Waals surface area (Å²) >= 11 is 3.43. The Hall–Kier alpha value is -0.830. The first-order valence-electron chi connectivity index (χ1n) is 4.74. The molecule has 1 aromatic rings. The third kappa shape index (κ3) is 2.15. The normalized spacial score (nSPS) is 15.3. The van der Waals surface area contributed by atoms with Gasteiger partial charge in [0.2, 0.25) is 5.91 Å². The minimum absolute atomic E-state index is 0.148. The summed E-state index contributed by atoms with van der Waals surface area (Å²) in [6.07, 6.45) is 2.07. The van der Waals surface area contributed by atoms with Gasteiger partial charge in [-0.3, -0.25) is 4.79 Å². The number of anilines is 1. The summed E-state index contributed by atoms with van der Waals surface area (Å²) in [6, 6.07) is 5.93. The Balaban J connectivity index is 2.11. The second kappa shape index (κ2) is 3.73. The van der Waals surface area contributed by atoms with E-state index in [9.17, 15) is 4.79 Å². The van der Waals surface area contributed by atoms with Crippen LogP contribution >= 0.6 is 15.9 Å². The Morgan fingerprint density at radius 2 is 2.21 bits per heavy atom. The third-order valence-electron chi connectivity index (χ3n) is 2.33. The van der Waals surface area contributed by atoms with E-state index in [1.54, 1.807) is 0 Å². The van der Waals surface area contributed by atoms with Gasteiger partial charge in [-0.25, -0.2) is 0 Å². The van der Waals surface area contributed by atoms with Gasteiger partial charge in [0.1, 0.15) is 0 Å². The molecule has 0 aromatic heterocycles. The Morgan fingerprint density at radius 3 is 2.79 bits per heavy atom. The minimum Gasteiger partial charge on any atom is -0.325 e. The summed E-state index contributed by atoms with van der Waals surface area (Å²) in [5, 5.41) is 2.91. The summed E-state index contributed by atoms with van der Waals surface area (Å²) in [4.78, 5) is 11.5. The molecule has 2 nitrogen and oxygen atoms in total. The Kier molecular flexibility index (Phi) is 2.59. The van der Waals surface area contributed by atoms with E-state index in [4.69, 9.17) is 0 Å². The van der Waals surface area contributed by atoms with Crippen molar-refractivity contribution in [1.29, 1.82) is 0 Å². The van der Waals surface area contributed by atoms with Gasteiger partial charge in [0.05, 0.1) is 5.69 Å². The Bertz CT molecular complexity index is 372. The van der Waals surface area contributed by atoms with Gasteiger partial charge in [0.25, 0.3) is 0 Å². The monoisotopic (exact) mass is 253 g/mol. The lowest BCUT2D eigenvalue weighted by Gasteiger charge is -2.06. The predicted octanol–water partition coefficient (Wildman–Crippen LogP) is 3.11. The first-order valence-corrected chi connectivity index (χ1v) is 5.53. The number of halogens is 1. The van der Waals surface area contributed by atoms with Crippen molar-refractivity contribution in [1.82, 2.24) is 0 Å². The van der Waals surface area contributed by atoms with E-state index in [2.05, 4.69) is 21.2 Å². The van der Waals surface area contributed by atoms with Gasteiger partial charge in [-0.1, -0.05) is 6.07 Å². The van der Waals surface area contributed by atoms with Gasteiger partial charge in [-0.05, 0) is 53.4 Å². The van der Waals surface area contributed by atoms with E-state index >= 15 is 0 Å². The molecular weight excluding hydrogens is 242 g/mol. The molecule has 1 aliphatic rings. The van der Waals surface area contributed by atoms with Crippen LogP contribution in [0.4, 0.5) is 5.69 Å². The number of carbonyl (C=O) groups is 1. The van der Waals surface area contributed by atoms with E-state index in [0.29, 0.717) is 0 Å². The first kappa shape index (κ1) is 9.71. The predicted molar refractivity (Wildman–Crippen MR) is 60.2 cm³/mol. The Labute approximate surface area is 91.8 Å². The van der Waals surface area contributed by atoms with E-state index < -0.39 is 0 Å². The summed E-state index contributed by atoms with van der Waals surface area (Å²) in [7, 11) is 0. The number of nitrogens with one attached hydrogen (secondary N) is 1. The number of hydrogen-bond acceptors (Lipinski definition) is 1. The zero-order valence-corrected chi connectivity index (χ0v) is 9.60. The molecule has 0 bridgehead atoms. The van der Waals surface area contributed by atoms with Crippen LogP contribution in [0.3, 0.4) is 0 Å². The number of hydrogen-bond donors (Lipinski definition) is 1. The van der Waals surface area contributed by atoms with E-state index in [1.807, 2.05) is 25.1 Å². The molecule has 0 atom stereocenters. The summed E-state index contributed by atoms with van der Waals surface area (Å²) in [6.45, 7) is 2.03. The number of benzene rings is 1. The van der Waals surface area contributed by atoms with Gasteiger partial charge in [-0.15, -0.1) is 0 Å². The van der Waals surface area contributed by atoms with Crippen LogP contribution in [0.2, 0.25) is 0 Å². The summed E-state index contributed by atoms with van der Waals surface area (Å²) < 4.78 is 0.950. The van der Waals surface area contributed by atoms with Crippen LogP contribution in [-0.4, -0.2) is 5.91 Å². The molecule has 0 heterocycles. The molecule has 3 heteroatoms. The highest BCUT2D eigenvalue weighted by molar-refractivity contribution is 9.10. The van der Waals surface area contributed by atoms with Crippen molar-refractivity contribution in [3.8, 4) is 0 Å². The largest absolute Gasteiger partial charge is 0.325 e. The van der Waals surface area contributed by atoms with Crippen LogP contribution in [0.1, 0.15) is 18.4 Å². The lowest BCUT2D eigenvalue weighted by molar-refractivity contribution is -0.117. The van der Waals surface area contributed by atoms with Crippen LogP contribution in [0.5, 0.6) is 0 Å². The fourth-order valence-electron chi connectivity index (χ4n) is 1.30. The third-order valence-corrected chi connectivity index (χ3v) is 2.99. The van der Waals surface area contributed by atoms with Crippen LogP contribution in [0.25, 0.3) is 0 Å². The van der Waals surface area contributed by atoms with Crippen molar-refractivity contribution < 1.29 is 4.79 Å². The molecule has 1 fully saturated rings. The molecule has 1 aliphatic carbocycles. The van der Waals surface area contributed by atoms with Crippen molar-refractivity contribution in [2.24, 2.45) is 5.92 Å². The molecule has 1 amide bonds. The maximum Gasteiger partial charge on any atom is 0.227 e. The zero-order valence-electron chi connectivity index (χ0n) is 8.01. The molecule has 14 heavy (non-hydrogen) atoms. The molecule has 0 unspecified atom stereocenters. The summed E-state index contributed by atoms with van der Waals surface area (Å²) in [5.41, 5.74) is 2.05. The van der Waals surface area contributed by atoms with Crippen molar-refractivity contribution >= 4 is 27.5 Å². The number of carbonyl (C=O) groups excluding carboxylic acids is 1. The van der Waals surface area contributed by atoms with Gasteiger partial charge in [-0.2, -0.15) is 0 Å². The molecular formula is C11H12BrNO. The molecule has 0 spiro atoms. The van der Waals surface area contributed by atoms with Crippen LogP contribution in [0, 0.1) is 12.8 Å². The van der Waals surface area contributed by atoms with Crippen LogP contribution in [-0.2, 0) is 4.79 Å². The molecule has 1 saturated carbocycles. The molecule has 2 rings (SSSR count). The minimum atomic E-state index is 0.148. The topological polar surface area (TPSA) is 29.1 Å². The highest BCUT2D eigenvalue weighted by Crippen LogP contribution is 2.31. The molecule has 1 aromatic carbocycles.